The lowest BCUT2D eigenvalue weighted by molar-refractivity contribution is -0.273. The lowest BCUT2D eigenvalue weighted by Gasteiger charge is -2.31. The molecule has 1 N–H and O–H groups in total. The molecular formula is C15H15F5O4. The molecule has 3 unspecified atom stereocenters. The molecule has 0 amide bonds. The van der Waals surface area contributed by atoms with Crippen LogP contribution >= 0.6 is 0 Å². The topological polar surface area (TPSA) is 55.8 Å². The highest BCUT2D eigenvalue weighted by atomic mass is 19.4. The van der Waals surface area contributed by atoms with Crippen molar-refractivity contribution in [1.82, 2.24) is 0 Å². The third kappa shape index (κ3) is 2.60. The number of alkyl halides is 3. The summed E-state index contributed by atoms with van der Waals surface area (Å²) in [5.74, 6) is -7.67. The highest BCUT2D eigenvalue weighted by Crippen LogP contribution is 2.54. The summed E-state index contributed by atoms with van der Waals surface area (Å²) in [5.41, 5.74) is -2.94. The Morgan fingerprint density at radius 3 is 2.38 bits per heavy atom. The van der Waals surface area contributed by atoms with E-state index in [1.807, 2.05) is 0 Å². The maximum absolute atomic E-state index is 13.9. The lowest BCUT2D eigenvalue weighted by Crippen LogP contribution is -2.47. The van der Waals surface area contributed by atoms with E-state index in [1.165, 1.54) is 0 Å². The van der Waals surface area contributed by atoms with Gasteiger partial charge in [0, 0.05) is 17.4 Å². The van der Waals surface area contributed by atoms with Gasteiger partial charge >= 0.3 is 12.1 Å². The standard InChI is InChI=1S/C15H15F5O4/c1-6-9(7-4-5-8(16)10(17)11(7)23-3)12(13(21)22)24-14(6,2)15(18,19)20/h4-6,9,12H,1-3H3,(H,21,22)/t6?,9?,12-,14?/m1/s1. The number of rotatable bonds is 3. The molecule has 0 saturated carbocycles. The Balaban J connectivity index is 2.64. The zero-order chi connectivity index (χ0) is 18.4. The van der Waals surface area contributed by atoms with Crippen LogP contribution in [0.2, 0.25) is 0 Å². The first-order valence-electron chi connectivity index (χ1n) is 6.95. The minimum absolute atomic E-state index is 0.190. The fraction of sp³-hybridized carbons (Fsp3) is 0.533. The largest absolute Gasteiger partial charge is 0.493 e. The van der Waals surface area contributed by atoms with Crippen LogP contribution in [0.4, 0.5) is 22.0 Å². The van der Waals surface area contributed by atoms with Crippen LogP contribution in [0, 0.1) is 17.6 Å². The first-order chi connectivity index (χ1) is 11.0. The Labute approximate surface area is 134 Å². The van der Waals surface area contributed by atoms with Gasteiger partial charge in [-0.1, -0.05) is 13.0 Å². The van der Waals surface area contributed by atoms with Crippen LogP contribution in [0.25, 0.3) is 0 Å². The van der Waals surface area contributed by atoms with Gasteiger partial charge in [-0.15, -0.1) is 0 Å². The smallest absolute Gasteiger partial charge is 0.417 e. The van der Waals surface area contributed by atoms with Crippen LogP contribution in [0.1, 0.15) is 25.3 Å². The molecule has 0 spiro atoms. The van der Waals surface area contributed by atoms with E-state index in [9.17, 15) is 31.9 Å². The molecule has 1 aliphatic heterocycles. The Morgan fingerprint density at radius 1 is 1.33 bits per heavy atom. The third-order valence-electron chi connectivity index (χ3n) is 4.56. The number of carboxylic acid groups (broad SMARTS) is 1. The molecule has 0 aliphatic carbocycles. The summed E-state index contributed by atoms with van der Waals surface area (Å²) in [5, 5.41) is 9.25. The fourth-order valence-electron chi connectivity index (χ4n) is 3.03. The van der Waals surface area contributed by atoms with E-state index in [-0.39, 0.29) is 5.56 Å². The molecule has 1 saturated heterocycles. The summed E-state index contributed by atoms with van der Waals surface area (Å²) in [7, 11) is 1.01. The van der Waals surface area contributed by atoms with Crippen LogP contribution in [0.5, 0.6) is 5.75 Å². The van der Waals surface area contributed by atoms with Crippen molar-refractivity contribution in [3.63, 3.8) is 0 Å². The molecule has 0 radical (unpaired) electrons. The second kappa shape index (κ2) is 5.87. The molecule has 134 valence electrons. The van der Waals surface area contributed by atoms with E-state index >= 15 is 0 Å². The average Bonchev–Trinajstić information content (AvgIpc) is 2.75. The number of carbonyl (C=O) groups is 1. The van der Waals surface area contributed by atoms with Gasteiger partial charge in [-0.25, -0.2) is 9.18 Å². The Bertz CT molecular complexity index is 660. The van der Waals surface area contributed by atoms with Crippen molar-refractivity contribution in [3.8, 4) is 5.75 Å². The van der Waals surface area contributed by atoms with Crippen LogP contribution in [0.3, 0.4) is 0 Å². The van der Waals surface area contributed by atoms with E-state index < -0.39 is 53.1 Å². The lowest BCUT2D eigenvalue weighted by atomic mass is 9.77. The van der Waals surface area contributed by atoms with Crippen LogP contribution in [-0.4, -0.2) is 36.1 Å². The van der Waals surface area contributed by atoms with E-state index in [0.29, 0.717) is 6.07 Å². The average molecular weight is 354 g/mol. The van der Waals surface area contributed by atoms with Gasteiger partial charge in [-0.05, 0) is 13.0 Å². The zero-order valence-corrected chi connectivity index (χ0v) is 12.9. The van der Waals surface area contributed by atoms with Crippen LogP contribution in [0.15, 0.2) is 12.1 Å². The van der Waals surface area contributed by atoms with Crippen molar-refractivity contribution in [3.05, 3.63) is 29.3 Å². The van der Waals surface area contributed by atoms with Gasteiger partial charge in [0.25, 0.3) is 0 Å². The summed E-state index contributed by atoms with van der Waals surface area (Å²) in [4.78, 5) is 11.4. The predicted octanol–water partition coefficient (Wildman–Crippen LogP) is 3.50. The Hall–Kier alpha value is -1.90. The highest BCUT2D eigenvalue weighted by Gasteiger charge is 2.66. The maximum atomic E-state index is 13.9. The van der Waals surface area contributed by atoms with E-state index in [1.54, 1.807) is 0 Å². The van der Waals surface area contributed by atoms with Gasteiger partial charge in [0.15, 0.2) is 23.3 Å². The predicted molar refractivity (Wildman–Crippen MR) is 71.8 cm³/mol. The van der Waals surface area contributed by atoms with Crippen LogP contribution in [-0.2, 0) is 9.53 Å². The van der Waals surface area contributed by atoms with Gasteiger partial charge in [0.1, 0.15) is 0 Å². The molecule has 0 bridgehead atoms. The minimum Gasteiger partial charge on any atom is -0.493 e. The number of hydrogen-bond donors (Lipinski definition) is 1. The minimum atomic E-state index is -4.85. The molecule has 2 rings (SSSR count). The number of hydrogen-bond acceptors (Lipinski definition) is 3. The van der Waals surface area contributed by atoms with Gasteiger partial charge in [-0.3, -0.25) is 0 Å². The highest BCUT2D eigenvalue weighted by molar-refractivity contribution is 5.75. The molecule has 4 nitrogen and oxygen atoms in total. The van der Waals surface area contributed by atoms with E-state index in [2.05, 4.69) is 0 Å². The summed E-state index contributed by atoms with van der Waals surface area (Å²) in [6.07, 6.45) is -6.73. The van der Waals surface area contributed by atoms with Crippen molar-refractivity contribution in [2.45, 2.75) is 37.6 Å². The Kier molecular flexibility index (Phi) is 4.51. The molecule has 24 heavy (non-hydrogen) atoms. The zero-order valence-electron chi connectivity index (χ0n) is 12.9. The molecule has 9 heteroatoms. The van der Waals surface area contributed by atoms with Crippen molar-refractivity contribution in [2.75, 3.05) is 7.11 Å². The van der Waals surface area contributed by atoms with E-state index in [4.69, 9.17) is 9.47 Å². The molecule has 1 aromatic carbocycles. The molecular weight excluding hydrogens is 339 g/mol. The third-order valence-corrected chi connectivity index (χ3v) is 4.56. The number of halogens is 5. The SMILES string of the molecule is COc1c(C2C(C)C(C)(C(F)(F)F)O[C@H]2C(=O)O)ccc(F)c1F. The van der Waals surface area contributed by atoms with Crippen molar-refractivity contribution >= 4 is 5.97 Å². The molecule has 1 aliphatic rings. The van der Waals surface area contributed by atoms with Crippen molar-refractivity contribution < 1.29 is 41.3 Å². The first kappa shape index (κ1) is 18.4. The molecule has 1 heterocycles. The first-order valence-corrected chi connectivity index (χ1v) is 6.95. The van der Waals surface area contributed by atoms with Crippen LogP contribution < -0.4 is 4.74 Å². The van der Waals surface area contributed by atoms with Crippen molar-refractivity contribution in [1.29, 1.82) is 0 Å². The van der Waals surface area contributed by atoms with Crippen molar-refractivity contribution in [2.24, 2.45) is 5.92 Å². The second-order valence-corrected chi connectivity index (χ2v) is 5.78. The van der Waals surface area contributed by atoms with Gasteiger partial charge in [0.05, 0.1) is 7.11 Å². The number of aliphatic carboxylic acids is 1. The fourth-order valence-corrected chi connectivity index (χ4v) is 3.03. The monoisotopic (exact) mass is 354 g/mol. The molecule has 1 fully saturated rings. The summed E-state index contributed by atoms with van der Waals surface area (Å²) in [6, 6.07) is 1.72. The molecule has 1 aromatic rings. The number of methoxy groups -OCH3 is 1. The summed E-state index contributed by atoms with van der Waals surface area (Å²) < 4.78 is 76.9. The van der Waals surface area contributed by atoms with Gasteiger partial charge in [0.2, 0.25) is 5.82 Å². The molecule has 4 atom stereocenters. The van der Waals surface area contributed by atoms with Gasteiger partial charge < -0.3 is 14.6 Å². The Morgan fingerprint density at radius 2 is 1.92 bits per heavy atom. The quantitative estimate of drug-likeness (QED) is 0.845. The van der Waals surface area contributed by atoms with Gasteiger partial charge in [-0.2, -0.15) is 17.6 Å². The number of benzene rings is 1. The number of ether oxygens (including phenoxy) is 2. The summed E-state index contributed by atoms with van der Waals surface area (Å²) >= 11 is 0. The normalized spacial score (nSPS) is 30.4. The summed E-state index contributed by atoms with van der Waals surface area (Å²) in [6.45, 7) is 1.89. The maximum Gasteiger partial charge on any atom is 0.417 e. The molecule has 0 aromatic heterocycles. The number of carboxylic acids is 1. The van der Waals surface area contributed by atoms with E-state index in [0.717, 1.165) is 27.0 Å². The second-order valence-electron chi connectivity index (χ2n) is 5.78.